The molecule has 1 aliphatic heterocycles. The first-order chi connectivity index (χ1) is 11.0. The van der Waals surface area contributed by atoms with Crippen LogP contribution >= 0.6 is 11.8 Å². The van der Waals surface area contributed by atoms with Gasteiger partial charge >= 0.3 is 0 Å². The minimum atomic E-state index is -0.325. The highest BCUT2D eigenvalue weighted by atomic mass is 32.2. The maximum atomic E-state index is 13.2. The predicted octanol–water partition coefficient (Wildman–Crippen LogP) is 2.18. The fourth-order valence-corrected chi connectivity index (χ4v) is 3.03. The van der Waals surface area contributed by atoms with Crippen molar-refractivity contribution in [3.63, 3.8) is 0 Å². The molecule has 0 radical (unpaired) electrons. The summed E-state index contributed by atoms with van der Waals surface area (Å²) in [6.45, 7) is 4.35. The maximum Gasteiger partial charge on any atom is 0.235 e. The molecule has 4 nitrogen and oxygen atoms in total. The molecule has 1 saturated heterocycles. The van der Waals surface area contributed by atoms with Crippen molar-refractivity contribution in [1.82, 2.24) is 9.80 Å². The largest absolute Gasteiger partial charge is 0.341 e. The minimum absolute atomic E-state index is 0.0113. The van der Waals surface area contributed by atoms with Gasteiger partial charge in [-0.1, -0.05) is 12.1 Å². The molecule has 0 aromatic heterocycles. The summed E-state index contributed by atoms with van der Waals surface area (Å²) >= 11 is 1.54. The number of thioether (sulfide) groups is 1. The van der Waals surface area contributed by atoms with Crippen molar-refractivity contribution in [2.45, 2.75) is 25.0 Å². The molecular weight excluding hydrogens is 315 g/mol. The van der Waals surface area contributed by atoms with Gasteiger partial charge in [0.05, 0.1) is 11.7 Å². The first-order valence-corrected chi connectivity index (χ1v) is 9.14. The lowest BCUT2D eigenvalue weighted by Crippen LogP contribution is -2.40. The Balaban J connectivity index is 1.92. The molecule has 0 spiro atoms. The van der Waals surface area contributed by atoms with Crippen LogP contribution in [0.4, 0.5) is 4.39 Å². The van der Waals surface area contributed by atoms with Gasteiger partial charge in [-0.25, -0.2) is 4.39 Å². The molecule has 2 amide bonds. The maximum absolute atomic E-state index is 13.2. The monoisotopic (exact) mass is 338 g/mol. The van der Waals surface area contributed by atoms with Crippen LogP contribution in [0.1, 0.15) is 18.9 Å². The Labute approximate surface area is 141 Å². The lowest BCUT2D eigenvalue weighted by atomic mass is 10.1. The van der Waals surface area contributed by atoms with E-state index >= 15 is 0 Å². The highest BCUT2D eigenvalue weighted by molar-refractivity contribution is 7.99. The van der Waals surface area contributed by atoms with Crippen LogP contribution in [0.2, 0.25) is 0 Å². The van der Waals surface area contributed by atoms with Crippen molar-refractivity contribution in [2.24, 2.45) is 0 Å². The van der Waals surface area contributed by atoms with E-state index in [0.29, 0.717) is 31.7 Å². The zero-order valence-electron chi connectivity index (χ0n) is 13.6. The third-order valence-corrected chi connectivity index (χ3v) is 5.01. The quantitative estimate of drug-likeness (QED) is 0.845. The third-order valence-electron chi connectivity index (χ3n) is 4.11. The van der Waals surface area contributed by atoms with Gasteiger partial charge in [-0.3, -0.25) is 9.59 Å². The van der Waals surface area contributed by atoms with Crippen LogP contribution in [-0.4, -0.2) is 59.3 Å². The number of carbonyl (C=O) groups is 2. The fourth-order valence-electron chi connectivity index (χ4n) is 2.68. The zero-order valence-corrected chi connectivity index (χ0v) is 14.4. The summed E-state index contributed by atoms with van der Waals surface area (Å²) < 4.78 is 13.2. The van der Waals surface area contributed by atoms with Crippen molar-refractivity contribution in [3.05, 3.63) is 35.6 Å². The zero-order chi connectivity index (χ0) is 16.8. The highest BCUT2D eigenvalue weighted by Crippen LogP contribution is 2.13. The summed E-state index contributed by atoms with van der Waals surface area (Å²) in [6, 6.07) is 6.14. The molecule has 0 aliphatic carbocycles. The van der Waals surface area contributed by atoms with Crippen LogP contribution in [-0.2, 0) is 16.0 Å². The summed E-state index contributed by atoms with van der Waals surface area (Å²) in [6.07, 6.45) is 2.91. The number of rotatable bonds is 4. The molecule has 0 bridgehead atoms. The highest BCUT2D eigenvalue weighted by Gasteiger charge is 2.24. The average molecular weight is 338 g/mol. The van der Waals surface area contributed by atoms with Crippen molar-refractivity contribution in [1.29, 1.82) is 0 Å². The Kier molecular flexibility index (Phi) is 6.45. The number of halogens is 1. The Bertz CT molecular complexity index is 567. The van der Waals surface area contributed by atoms with Gasteiger partial charge in [0, 0.05) is 26.2 Å². The van der Waals surface area contributed by atoms with E-state index in [1.54, 1.807) is 17.0 Å². The molecule has 1 heterocycles. The van der Waals surface area contributed by atoms with Crippen LogP contribution in [0.25, 0.3) is 0 Å². The van der Waals surface area contributed by atoms with Gasteiger partial charge in [-0.15, -0.1) is 0 Å². The van der Waals surface area contributed by atoms with Crippen LogP contribution in [0, 0.1) is 5.82 Å². The van der Waals surface area contributed by atoms with Crippen LogP contribution in [0.15, 0.2) is 24.3 Å². The SMILES string of the molecule is CSC(C)C(=O)N1CCCN(C(=O)Cc2cccc(F)c2)CC1. The molecule has 1 fully saturated rings. The third kappa shape index (κ3) is 4.96. The van der Waals surface area contributed by atoms with Crippen molar-refractivity contribution in [2.75, 3.05) is 32.4 Å². The Morgan fingerprint density at radius 2 is 1.91 bits per heavy atom. The van der Waals surface area contributed by atoms with Gasteiger partial charge in [0.25, 0.3) is 0 Å². The summed E-state index contributed by atoms with van der Waals surface area (Å²) in [5.74, 6) is -0.200. The van der Waals surface area contributed by atoms with Crippen molar-refractivity contribution >= 4 is 23.6 Å². The molecule has 23 heavy (non-hydrogen) atoms. The van der Waals surface area contributed by atoms with Crippen LogP contribution in [0.3, 0.4) is 0 Å². The lowest BCUT2D eigenvalue weighted by Gasteiger charge is -2.24. The van der Waals surface area contributed by atoms with E-state index in [1.165, 1.54) is 23.9 Å². The molecule has 0 saturated carbocycles. The smallest absolute Gasteiger partial charge is 0.235 e. The second kappa shape index (κ2) is 8.34. The molecule has 1 unspecified atom stereocenters. The standard InChI is InChI=1S/C17H23FN2O2S/c1-13(23-2)17(22)20-8-4-7-19(9-10-20)16(21)12-14-5-3-6-15(18)11-14/h3,5-6,11,13H,4,7-10,12H2,1-2H3. The van der Waals surface area contributed by atoms with Gasteiger partial charge in [-0.2, -0.15) is 11.8 Å². The van der Waals surface area contributed by atoms with Gasteiger partial charge in [-0.05, 0) is 37.3 Å². The second-order valence-corrected chi connectivity index (χ2v) is 6.92. The molecule has 1 atom stereocenters. The Hall–Kier alpha value is -1.56. The molecule has 2 rings (SSSR count). The van der Waals surface area contributed by atoms with Crippen molar-refractivity contribution < 1.29 is 14.0 Å². The molecule has 6 heteroatoms. The first-order valence-electron chi connectivity index (χ1n) is 7.85. The number of carbonyl (C=O) groups excluding carboxylic acids is 2. The van der Waals surface area contributed by atoms with E-state index in [1.807, 2.05) is 18.1 Å². The number of amides is 2. The number of hydrogen-bond acceptors (Lipinski definition) is 3. The van der Waals surface area contributed by atoms with Gasteiger partial charge in [0.15, 0.2) is 0 Å². The Morgan fingerprint density at radius 1 is 1.22 bits per heavy atom. The Morgan fingerprint density at radius 3 is 2.61 bits per heavy atom. The van der Waals surface area contributed by atoms with E-state index in [0.717, 1.165) is 6.42 Å². The number of benzene rings is 1. The molecule has 0 N–H and O–H groups in total. The van der Waals surface area contributed by atoms with E-state index in [4.69, 9.17) is 0 Å². The minimum Gasteiger partial charge on any atom is -0.341 e. The van der Waals surface area contributed by atoms with E-state index < -0.39 is 0 Å². The fraction of sp³-hybridized carbons (Fsp3) is 0.529. The number of nitrogens with zero attached hydrogens (tertiary/aromatic N) is 2. The van der Waals surface area contributed by atoms with Crippen LogP contribution in [0.5, 0.6) is 0 Å². The average Bonchev–Trinajstić information content (AvgIpc) is 2.79. The number of hydrogen-bond donors (Lipinski definition) is 0. The predicted molar refractivity (Wildman–Crippen MR) is 90.9 cm³/mol. The molecule has 1 aromatic rings. The summed E-state index contributed by atoms with van der Waals surface area (Å²) in [7, 11) is 0. The van der Waals surface area contributed by atoms with Crippen molar-refractivity contribution in [3.8, 4) is 0 Å². The lowest BCUT2D eigenvalue weighted by molar-refractivity contribution is -0.132. The van der Waals surface area contributed by atoms with E-state index in [-0.39, 0.29) is 29.3 Å². The van der Waals surface area contributed by atoms with Gasteiger partial charge < -0.3 is 9.80 Å². The summed E-state index contributed by atoms with van der Waals surface area (Å²) in [5, 5.41) is -0.0513. The second-order valence-electron chi connectivity index (χ2n) is 5.74. The normalized spacial score (nSPS) is 16.8. The van der Waals surface area contributed by atoms with E-state index in [9.17, 15) is 14.0 Å². The summed E-state index contributed by atoms with van der Waals surface area (Å²) in [4.78, 5) is 28.3. The van der Waals surface area contributed by atoms with Crippen LogP contribution < -0.4 is 0 Å². The molecule has 1 aromatic carbocycles. The molecule has 126 valence electrons. The van der Waals surface area contributed by atoms with Gasteiger partial charge in [0.2, 0.25) is 11.8 Å². The van der Waals surface area contributed by atoms with E-state index in [2.05, 4.69) is 0 Å². The summed E-state index contributed by atoms with van der Waals surface area (Å²) in [5.41, 5.74) is 0.684. The molecular formula is C17H23FN2O2S. The topological polar surface area (TPSA) is 40.6 Å². The first kappa shape index (κ1) is 17.8. The van der Waals surface area contributed by atoms with Gasteiger partial charge in [0.1, 0.15) is 5.82 Å². The molecule has 1 aliphatic rings.